The molecule has 7 heteroatoms. The zero-order valence-electron chi connectivity index (χ0n) is 9.47. The van der Waals surface area contributed by atoms with Gasteiger partial charge in [-0.2, -0.15) is 0 Å². The van der Waals surface area contributed by atoms with Crippen LogP contribution < -0.4 is 21.1 Å². The van der Waals surface area contributed by atoms with E-state index < -0.39 is 17.6 Å². The number of amides is 2. The fourth-order valence-corrected chi connectivity index (χ4v) is 2.25. The highest BCUT2D eigenvalue weighted by molar-refractivity contribution is 6.01. The largest absolute Gasteiger partial charge is 0.458 e. The molecule has 7 nitrogen and oxygen atoms in total. The molecular weight excluding hydrogens is 236 g/mol. The highest BCUT2D eigenvalue weighted by atomic mass is 16.5. The van der Waals surface area contributed by atoms with E-state index in [0.717, 1.165) is 0 Å². The van der Waals surface area contributed by atoms with Crippen LogP contribution in [0.3, 0.4) is 0 Å². The fourth-order valence-electron chi connectivity index (χ4n) is 2.25. The highest BCUT2D eigenvalue weighted by Gasteiger charge is 2.51. The second-order valence-corrected chi connectivity index (χ2v) is 4.45. The zero-order valence-corrected chi connectivity index (χ0v) is 9.47. The summed E-state index contributed by atoms with van der Waals surface area (Å²) < 4.78 is 5.68. The maximum atomic E-state index is 12.1. The Balaban J connectivity index is 1.92. The Bertz CT molecular complexity index is 533. The van der Waals surface area contributed by atoms with Crippen molar-refractivity contribution in [1.29, 1.82) is 0 Å². The van der Waals surface area contributed by atoms with Crippen molar-refractivity contribution in [2.45, 2.75) is 18.1 Å². The van der Waals surface area contributed by atoms with Crippen LogP contribution >= 0.6 is 0 Å². The van der Waals surface area contributed by atoms with E-state index in [1.54, 1.807) is 18.3 Å². The van der Waals surface area contributed by atoms with Gasteiger partial charge < -0.3 is 21.1 Å². The Kier molecular flexibility index (Phi) is 2.24. The number of rotatable bonds is 1. The first-order chi connectivity index (χ1) is 8.61. The van der Waals surface area contributed by atoms with Gasteiger partial charge in [0.1, 0.15) is 5.69 Å². The molecule has 1 fully saturated rings. The van der Waals surface area contributed by atoms with E-state index in [0.29, 0.717) is 11.6 Å². The average Bonchev–Trinajstić information content (AvgIpc) is 2.76. The van der Waals surface area contributed by atoms with E-state index in [-0.39, 0.29) is 18.9 Å². The molecule has 2 aliphatic heterocycles. The van der Waals surface area contributed by atoms with Crippen LogP contribution in [0.4, 0.5) is 5.69 Å². The first-order valence-corrected chi connectivity index (χ1v) is 5.59. The number of primary amides is 1. The number of ether oxygens (including phenoxy) is 1. The van der Waals surface area contributed by atoms with Crippen LogP contribution in [0.1, 0.15) is 6.42 Å². The molecule has 1 aromatic rings. The summed E-state index contributed by atoms with van der Waals surface area (Å²) in [4.78, 5) is 27.3. The minimum Gasteiger partial charge on any atom is -0.458 e. The predicted molar refractivity (Wildman–Crippen MR) is 61.8 cm³/mol. The molecule has 18 heavy (non-hydrogen) atoms. The first-order valence-electron chi connectivity index (χ1n) is 5.59. The molecule has 0 aromatic carbocycles. The number of anilines is 1. The van der Waals surface area contributed by atoms with Gasteiger partial charge in [-0.3, -0.25) is 9.59 Å². The van der Waals surface area contributed by atoms with Gasteiger partial charge in [-0.05, 0) is 12.1 Å². The Labute approximate surface area is 103 Å². The summed E-state index contributed by atoms with van der Waals surface area (Å²) in [6.45, 7) is 0.239. The van der Waals surface area contributed by atoms with Crippen molar-refractivity contribution in [2.75, 3.05) is 11.9 Å². The van der Waals surface area contributed by atoms with Gasteiger partial charge in [-0.15, -0.1) is 0 Å². The molecule has 0 unspecified atom stereocenters. The van der Waals surface area contributed by atoms with Gasteiger partial charge >= 0.3 is 0 Å². The summed E-state index contributed by atoms with van der Waals surface area (Å²) in [7, 11) is 0. The second kappa shape index (κ2) is 3.67. The van der Waals surface area contributed by atoms with Gasteiger partial charge in [0.25, 0.3) is 5.91 Å². The smallest absolute Gasteiger partial charge is 0.270 e. The molecule has 1 spiro atoms. The van der Waals surface area contributed by atoms with Gasteiger partial charge in [0.05, 0.1) is 6.04 Å². The van der Waals surface area contributed by atoms with Crippen molar-refractivity contribution in [3.63, 3.8) is 0 Å². The summed E-state index contributed by atoms with van der Waals surface area (Å²) in [5, 5.41) is 5.62. The molecule has 0 radical (unpaired) electrons. The van der Waals surface area contributed by atoms with Crippen molar-refractivity contribution in [3.05, 3.63) is 18.3 Å². The van der Waals surface area contributed by atoms with Crippen molar-refractivity contribution in [3.8, 4) is 5.88 Å². The van der Waals surface area contributed by atoms with Crippen molar-refractivity contribution in [1.82, 2.24) is 10.3 Å². The van der Waals surface area contributed by atoms with Gasteiger partial charge in [-0.1, -0.05) is 0 Å². The molecule has 2 atom stereocenters. The predicted octanol–water partition coefficient (Wildman–Crippen LogP) is -1.00. The standard InChI is InChI=1S/C11H12N4O3/c12-8(16)7-4-11(5-14-7)10(17)15-6-2-1-3-13-9(6)18-11/h1-3,7,14H,4-5H2,(H2,12,16)(H,15,17)/t7-,11+/m0/s1. The molecule has 0 bridgehead atoms. The van der Waals surface area contributed by atoms with Crippen LogP contribution in [-0.4, -0.2) is 35.0 Å². The fraction of sp³-hybridized carbons (Fsp3) is 0.364. The molecule has 1 aromatic heterocycles. The number of nitrogens with two attached hydrogens (primary N) is 1. The lowest BCUT2D eigenvalue weighted by Gasteiger charge is -2.32. The number of fused-ring (bicyclic) bond motifs is 1. The monoisotopic (exact) mass is 248 g/mol. The molecule has 2 amide bonds. The minimum atomic E-state index is -1.10. The lowest BCUT2D eigenvalue weighted by Crippen LogP contribution is -2.52. The Morgan fingerprint density at radius 2 is 2.44 bits per heavy atom. The molecule has 2 aliphatic rings. The maximum absolute atomic E-state index is 12.1. The third-order valence-electron chi connectivity index (χ3n) is 3.24. The Morgan fingerprint density at radius 1 is 1.61 bits per heavy atom. The number of nitrogens with one attached hydrogen (secondary N) is 2. The minimum absolute atomic E-state index is 0.212. The quantitative estimate of drug-likeness (QED) is 0.591. The van der Waals surface area contributed by atoms with E-state index in [1.165, 1.54) is 0 Å². The number of hydrogen-bond donors (Lipinski definition) is 3. The molecule has 1 saturated heterocycles. The number of hydrogen-bond acceptors (Lipinski definition) is 5. The molecule has 94 valence electrons. The van der Waals surface area contributed by atoms with E-state index in [2.05, 4.69) is 15.6 Å². The lowest BCUT2D eigenvalue weighted by molar-refractivity contribution is -0.131. The van der Waals surface area contributed by atoms with Crippen LogP contribution in [0.25, 0.3) is 0 Å². The third-order valence-corrected chi connectivity index (χ3v) is 3.24. The molecule has 0 saturated carbocycles. The van der Waals surface area contributed by atoms with Gasteiger partial charge in [0, 0.05) is 19.2 Å². The normalized spacial score (nSPS) is 29.6. The summed E-state index contributed by atoms with van der Waals surface area (Å²) in [5.41, 5.74) is 4.66. The zero-order chi connectivity index (χ0) is 12.8. The summed E-state index contributed by atoms with van der Waals surface area (Å²) in [6, 6.07) is 2.86. The van der Waals surface area contributed by atoms with E-state index >= 15 is 0 Å². The highest BCUT2D eigenvalue weighted by Crippen LogP contribution is 2.35. The number of nitrogens with zero attached hydrogens (tertiary/aromatic N) is 1. The molecule has 0 aliphatic carbocycles. The molecule has 3 rings (SSSR count). The molecule has 3 heterocycles. The van der Waals surface area contributed by atoms with E-state index in [9.17, 15) is 9.59 Å². The molecule has 4 N–H and O–H groups in total. The Morgan fingerprint density at radius 3 is 3.17 bits per heavy atom. The van der Waals surface area contributed by atoms with Crippen LogP contribution in [0, 0.1) is 0 Å². The summed E-state index contributed by atoms with van der Waals surface area (Å²) >= 11 is 0. The van der Waals surface area contributed by atoms with E-state index in [4.69, 9.17) is 10.5 Å². The average molecular weight is 248 g/mol. The van der Waals surface area contributed by atoms with Gasteiger partial charge in [0.2, 0.25) is 17.4 Å². The summed E-state index contributed by atoms with van der Waals surface area (Å²) in [6.07, 6.45) is 1.79. The molecular formula is C11H12N4O3. The van der Waals surface area contributed by atoms with Crippen LogP contribution in [0.15, 0.2) is 18.3 Å². The van der Waals surface area contributed by atoms with Crippen molar-refractivity contribution < 1.29 is 14.3 Å². The van der Waals surface area contributed by atoms with Crippen LogP contribution in [-0.2, 0) is 9.59 Å². The van der Waals surface area contributed by atoms with Crippen LogP contribution in [0.2, 0.25) is 0 Å². The number of pyridine rings is 1. The number of aromatic nitrogens is 1. The third kappa shape index (κ3) is 1.52. The van der Waals surface area contributed by atoms with E-state index in [1.807, 2.05) is 0 Å². The van der Waals surface area contributed by atoms with Crippen molar-refractivity contribution in [2.24, 2.45) is 5.73 Å². The number of carbonyl (C=O) groups is 2. The summed E-state index contributed by atoms with van der Waals surface area (Å²) in [5.74, 6) is -0.404. The topological polar surface area (TPSA) is 106 Å². The lowest BCUT2D eigenvalue weighted by atomic mass is 9.97. The van der Waals surface area contributed by atoms with Gasteiger partial charge in [0.15, 0.2) is 0 Å². The Hall–Kier alpha value is -2.15. The second-order valence-electron chi connectivity index (χ2n) is 4.45. The van der Waals surface area contributed by atoms with Gasteiger partial charge in [-0.25, -0.2) is 4.98 Å². The van der Waals surface area contributed by atoms with Crippen LogP contribution in [0.5, 0.6) is 5.88 Å². The first kappa shape index (κ1) is 11.0. The van der Waals surface area contributed by atoms with Crippen molar-refractivity contribution >= 4 is 17.5 Å². The maximum Gasteiger partial charge on any atom is 0.270 e. The SMILES string of the molecule is NC(=O)[C@@H]1C[C@]2(CN1)Oc1ncccc1NC2=O. The number of carbonyl (C=O) groups excluding carboxylic acids is 2.